The molecule has 4 nitrogen and oxygen atoms in total. The third-order valence-corrected chi connectivity index (χ3v) is 5.79. The first-order chi connectivity index (χ1) is 10.2. The number of hydrogen-bond donors (Lipinski definition) is 1. The summed E-state index contributed by atoms with van der Waals surface area (Å²) in [4.78, 5) is 0. The maximum Gasteiger partial charge on any atom is 0.211 e. The molecule has 0 unspecified atom stereocenters. The van der Waals surface area contributed by atoms with Gasteiger partial charge in [-0.05, 0) is 45.1 Å². The zero-order valence-corrected chi connectivity index (χ0v) is 14.9. The Morgan fingerprint density at radius 3 is 2.73 bits per heavy atom. The molecule has 1 aromatic rings. The third kappa shape index (κ3) is 4.54. The van der Waals surface area contributed by atoms with Crippen molar-refractivity contribution in [1.82, 2.24) is 9.62 Å². The highest BCUT2D eigenvalue weighted by molar-refractivity contribution is 7.88. The minimum absolute atomic E-state index is 0.112. The van der Waals surface area contributed by atoms with Crippen molar-refractivity contribution in [2.75, 3.05) is 25.9 Å². The van der Waals surface area contributed by atoms with Crippen LogP contribution in [0.3, 0.4) is 0 Å². The quantitative estimate of drug-likeness (QED) is 0.905. The molecule has 0 bridgehead atoms. The molecule has 1 fully saturated rings. The van der Waals surface area contributed by atoms with E-state index in [1.165, 1.54) is 17.4 Å². The van der Waals surface area contributed by atoms with Crippen LogP contribution in [-0.2, 0) is 15.6 Å². The average Bonchev–Trinajstić information content (AvgIpc) is 2.45. The van der Waals surface area contributed by atoms with Gasteiger partial charge in [0.25, 0.3) is 0 Å². The van der Waals surface area contributed by atoms with Crippen LogP contribution in [0.2, 0.25) is 0 Å². The molecule has 5 heteroatoms. The van der Waals surface area contributed by atoms with E-state index in [1.54, 1.807) is 4.31 Å². The van der Waals surface area contributed by atoms with Crippen molar-refractivity contribution in [2.24, 2.45) is 5.92 Å². The number of rotatable bonds is 5. The second-order valence-electron chi connectivity index (χ2n) is 7.00. The Morgan fingerprint density at radius 1 is 1.36 bits per heavy atom. The Morgan fingerprint density at radius 2 is 2.09 bits per heavy atom. The number of piperidine rings is 1. The van der Waals surface area contributed by atoms with Crippen LogP contribution in [0.15, 0.2) is 24.3 Å². The van der Waals surface area contributed by atoms with Gasteiger partial charge in [-0.3, -0.25) is 0 Å². The van der Waals surface area contributed by atoms with E-state index < -0.39 is 10.0 Å². The molecule has 0 amide bonds. The Hall–Kier alpha value is -0.910. The Bertz CT molecular complexity index is 611. The van der Waals surface area contributed by atoms with Gasteiger partial charge in [0, 0.05) is 25.2 Å². The lowest BCUT2D eigenvalue weighted by Gasteiger charge is -2.34. The molecule has 2 rings (SSSR count). The molecule has 22 heavy (non-hydrogen) atoms. The molecule has 1 saturated heterocycles. The number of aryl methyl sites for hydroxylation is 1. The molecule has 1 N–H and O–H groups in total. The molecule has 1 aliphatic heterocycles. The van der Waals surface area contributed by atoms with E-state index in [2.05, 4.69) is 50.4 Å². The maximum atomic E-state index is 11.7. The van der Waals surface area contributed by atoms with Gasteiger partial charge < -0.3 is 5.32 Å². The van der Waals surface area contributed by atoms with Crippen LogP contribution in [0.5, 0.6) is 0 Å². The molecule has 1 heterocycles. The number of nitrogens with zero attached hydrogens (tertiary/aromatic N) is 1. The van der Waals surface area contributed by atoms with Gasteiger partial charge in [-0.15, -0.1) is 0 Å². The van der Waals surface area contributed by atoms with Gasteiger partial charge in [0.05, 0.1) is 6.26 Å². The average molecular weight is 324 g/mol. The van der Waals surface area contributed by atoms with Gasteiger partial charge >= 0.3 is 0 Å². The van der Waals surface area contributed by atoms with Gasteiger partial charge in [0.15, 0.2) is 0 Å². The molecule has 0 saturated carbocycles. The van der Waals surface area contributed by atoms with Crippen LogP contribution in [0.4, 0.5) is 0 Å². The number of hydrogen-bond acceptors (Lipinski definition) is 3. The highest BCUT2D eigenvalue weighted by Gasteiger charge is 2.28. The van der Waals surface area contributed by atoms with Gasteiger partial charge in [-0.25, -0.2) is 12.7 Å². The molecular formula is C17H28N2O2S. The molecule has 1 aliphatic rings. The van der Waals surface area contributed by atoms with Crippen LogP contribution < -0.4 is 5.32 Å². The summed E-state index contributed by atoms with van der Waals surface area (Å²) in [5, 5.41) is 3.62. The van der Waals surface area contributed by atoms with Crippen molar-refractivity contribution in [1.29, 1.82) is 0 Å². The summed E-state index contributed by atoms with van der Waals surface area (Å²) in [5.41, 5.74) is 2.41. The van der Waals surface area contributed by atoms with Crippen molar-refractivity contribution in [3.8, 4) is 0 Å². The Labute approximate surface area is 135 Å². The fourth-order valence-corrected chi connectivity index (χ4v) is 3.97. The van der Waals surface area contributed by atoms with E-state index in [0.29, 0.717) is 19.0 Å². The van der Waals surface area contributed by atoms with E-state index >= 15 is 0 Å². The highest BCUT2D eigenvalue weighted by atomic mass is 32.2. The normalized spacial score (nSPS) is 21.0. The van der Waals surface area contributed by atoms with Crippen molar-refractivity contribution in [3.63, 3.8) is 0 Å². The summed E-state index contributed by atoms with van der Waals surface area (Å²) < 4.78 is 25.0. The standard InChI is InChI=1S/C17H28N2O2S/c1-14-7-5-9-16(11-14)17(2,3)18-12-15-8-6-10-19(13-15)22(4,20)21/h5,7,9,11,15,18H,6,8,10,12-13H2,1-4H3/t15-/m0/s1. The molecule has 1 atom stereocenters. The van der Waals surface area contributed by atoms with E-state index in [1.807, 2.05) is 0 Å². The van der Waals surface area contributed by atoms with Crippen LogP contribution in [0.25, 0.3) is 0 Å². The van der Waals surface area contributed by atoms with Crippen LogP contribution in [0.1, 0.15) is 37.8 Å². The first kappa shape index (κ1) is 17.4. The molecule has 0 radical (unpaired) electrons. The van der Waals surface area contributed by atoms with Crippen LogP contribution >= 0.6 is 0 Å². The zero-order valence-electron chi connectivity index (χ0n) is 14.1. The minimum atomic E-state index is -3.06. The predicted octanol–water partition coefficient (Wildman–Crippen LogP) is 2.49. The Balaban J connectivity index is 1.97. The molecule has 1 aromatic carbocycles. The predicted molar refractivity (Wildman–Crippen MR) is 91.3 cm³/mol. The van der Waals surface area contributed by atoms with E-state index in [0.717, 1.165) is 19.4 Å². The minimum Gasteiger partial charge on any atom is -0.308 e. The number of benzene rings is 1. The second kappa shape index (κ2) is 6.69. The topological polar surface area (TPSA) is 49.4 Å². The monoisotopic (exact) mass is 324 g/mol. The van der Waals surface area contributed by atoms with Gasteiger partial charge in [-0.1, -0.05) is 29.8 Å². The lowest BCUT2D eigenvalue weighted by atomic mass is 9.91. The summed E-state index contributed by atoms with van der Waals surface area (Å²) >= 11 is 0. The fourth-order valence-electron chi connectivity index (χ4n) is 3.03. The summed E-state index contributed by atoms with van der Waals surface area (Å²) in [6, 6.07) is 8.53. The fraction of sp³-hybridized carbons (Fsp3) is 0.647. The maximum absolute atomic E-state index is 11.7. The van der Waals surface area contributed by atoms with E-state index in [9.17, 15) is 8.42 Å². The molecular weight excluding hydrogens is 296 g/mol. The molecule has 0 aromatic heterocycles. The number of sulfonamides is 1. The van der Waals surface area contributed by atoms with Crippen LogP contribution in [0, 0.1) is 12.8 Å². The van der Waals surface area contributed by atoms with Gasteiger partial charge in [-0.2, -0.15) is 0 Å². The second-order valence-corrected chi connectivity index (χ2v) is 8.99. The van der Waals surface area contributed by atoms with Crippen molar-refractivity contribution < 1.29 is 8.42 Å². The lowest BCUT2D eigenvalue weighted by molar-refractivity contribution is 0.242. The van der Waals surface area contributed by atoms with Gasteiger partial charge in [0.2, 0.25) is 10.0 Å². The van der Waals surface area contributed by atoms with E-state index in [4.69, 9.17) is 0 Å². The van der Waals surface area contributed by atoms with E-state index in [-0.39, 0.29) is 5.54 Å². The molecule has 124 valence electrons. The molecule has 0 aliphatic carbocycles. The summed E-state index contributed by atoms with van der Waals surface area (Å²) in [7, 11) is -3.06. The van der Waals surface area contributed by atoms with Gasteiger partial charge in [0.1, 0.15) is 0 Å². The van der Waals surface area contributed by atoms with Crippen molar-refractivity contribution in [2.45, 2.75) is 39.2 Å². The summed E-state index contributed by atoms with van der Waals surface area (Å²) in [5.74, 6) is 0.382. The smallest absolute Gasteiger partial charge is 0.211 e. The van der Waals surface area contributed by atoms with Crippen molar-refractivity contribution in [3.05, 3.63) is 35.4 Å². The SMILES string of the molecule is Cc1cccc(C(C)(C)NC[C@@H]2CCCN(S(C)(=O)=O)C2)c1. The first-order valence-corrected chi connectivity index (χ1v) is 9.80. The van der Waals surface area contributed by atoms with Crippen molar-refractivity contribution >= 4 is 10.0 Å². The summed E-state index contributed by atoms with van der Waals surface area (Å²) in [6.07, 6.45) is 3.34. The Kier molecular flexibility index (Phi) is 5.30. The molecule has 0 spiro atoms. The largest absolute Gasteiger partial charge is 0.308 e. The summed E-state index contributed by atoms with van der Waals surface area (Å²) in [6.45, 7) is 8.60. The number of nitrogens with one attached hydrogen (secondary N) is 1. The zero-order chi connectivity index (χ0) is 16.4. The van der Waals surface area contributed by atoms with Crippen LogP contribution in [-0.4, -0.2) is 38.6 Å². The highest BCUT2D eigenvalue weighted by Crippen LogP contribution is 2.23. The first-order valence-electron chi connectivity index (χ1n) is 7.96. The lowest BCUT2D eigenvalue weighted by Crippen LogP contribution is -2.46. The third-order valence-electron chi connectivity index (χ3n) is 4.52.